The molecule has 2 fully saturated rings. The van der Waals surface area contributed by atoms with E-state index in [9.17, 15) is 9.59 Å². The van der Waals surface area contributed by atoms with Crippen LogP contribution in [0.3, 0.4) is 0 Å². The van der Waals surface area contributed by atoms with Gasteiger partial charge in [-0.2, -0.15) is 0 Å². The van der Waals surface area contributed by atoms with Gasteiger partial charge in [-0.05, 0) is 31.6 Å². The fraction of sp³-hybridized carbons (Fsp3) is 0.846. The molecule has 2 heterocycles. The predicted molar refractivity (Wildman–Crippen MR) is 65.1 cm³/mol. The highest BCUT2D eigenvalue weighted by Gasteiger charge is 2.29. The molecular weight excluding hydrogens is 234 g/mol. The lowest BCUT2D eigenvalue weighted by atomic mass is 10.1. The summed E-state index contributed by atoms with van der Waals surface area (Å²) in [5.41, 5.74) is 0. The third-order valence-corrected chi connectivity index (χ3v) is 3.78. The molecule has 0 aromatic carbocycles. The molecule has 0 aromatic rings. The highest BCUT2D eigenvalue weighted by atomic mass is 16.5. The molecule has 0 radical (unpaired) electrons. The van der Waals surface area contributed by atoms with E-state index in [-0.39, 0.29) is 24.3 Å². The zero-order valence-corrected chi connectivity index (χ0v) is 10.6. The summed E-state index contributed by atoms with van der Waals surface area (Å²) in [5, 5.41) is 8.74. The SMILES string of the molecule is O=C(O)CC1CCN(C(=O)CC2CCCCO2)C1. The van der Waals surface area contributed by atoms with Crippen molar-refractivity contribution in [3.05, 3.63) is 0 Å². The Hall–Kier alpha value is -1.10. The van der Waals surface area contributed by atoms with Crippen molar-refractivity contribution in [2.75, 3.05) is 19.7 Å². The first-order chi connectivity index (χ1) is 8.65. The number of amides is 1. The largest absolute Gasteiger partial charge is 0.481 e. The second-order valence-corrected chi connectivity index (χ2v) is 5.29. The van der Waals surface area contributed by atoms with Gasteiger partial charge in [0.2, 0.25) is 5.91 Å². The van der Waals surface area contributed by atoms with Crippen molar-refractivity contribution in [3.63, 3.8) is 0 Å². The first kappa shape index (κ1) is 13.3. The third-order valence-electron chi connectivity index (χ3n) is 3.78. The highest BCUT2D eigenvalue weighted by Crippen LogP contribution is 2.22. The van der Waals surface area contributed by atoms with Gasteiger partial charge in [0, 0.05) is 26.1 Å². The third kappa shape index (κ3) is 3.70. The van der Waals surface area contributed by atoms with Crippen LogP contribution < -0.4 is 0 Å². The minimum absolute atomic E-state index is 0.0739. The van der Waals surface area contributed by atoms with Crippen LogP contribution in [0.1, 0.15) is 38.5 Å². The van der Waals surface area contributed by atoms with E-state index in [1.54, 1.807) is 4.90 Å². The highest BCUT2D eigenvalue weighted by molar-refractivity contribution is 5.77. The first-order valence-corrected chi connectivity index (χ1v) is 6.76. The van der Waals surface area contributed by atoms with Crippen LogP contribution >= 0.6 is 0 Å². The Bertz CT molecular complexity index is 312. The van der Waals surface area contributed by atoms with E-state index in [0.717, 1.165) is 32.3 Å². The predicted octanol–water partition coefficient (Wildman–Crippen LogP) is 1.27. The maximum absolute atomic E-state index is 12.0. The van der Waals surface area contributed by atoms with Crippen LogP contribution in [0.4, 0.5) is 0 Å². The van der Waals surface area contributed by atoms with Crippen LogP contribution in [0.25, 0.3) is 0 Å². The molecule has 2 rings (SSSR count). The minimum Gasteiger partial charge on any atom is -0.481 e. The number of carboxylic acid groups (broad SMARTS) is 1. The number of carbonyl (C=O) groups excluding carboxylic acids is 1. The molecule has 1 N–H and O–H groups in total. The quantitative estimate of drug-likeness (QED) is 0.821. The van der Waals surface area contributed by atoms with Crippen molar-refractivity contribution in [2.45, 2.75) is 44.6 Å². The zero-order valence-electron chi connectivity index (χ0n) is 10.6. The fourth-order valence-corrected chi connectivity index (χ4v) is 2.76. The number of likely N-dealkylation sites (tertiary alicyclic amines) is 1. The van der Waals surface area contributed by atoms with Crippen LogP contribution in [0, 0.1) is 5.92 Å². The van der Waals surface area contributed by atoms with E-state index in [1.165, 1.54) is 0 Å². The Balaban J connectivity index is 1.74. The van der Waals surface area contributed by atoms with Crippen molar-refractivity contribution in [3.8, 4) is 0 Å². The second-order valence-electron chi connectivity index (χ2n) is 5.29. The van der Waals surface area contributed by atoms with Gasteiger partial charge in [-0.25, -0.2) is 0 Å². The lowest BCUT2D eigenvalue weighted by molar-refractivity contribution is -0.139. The van der Waals surface area contributed by atoms with Gasteiger partial charge in [-0.3, -0.25) is 9.59 Å². The summed E-state index contributed by atoms with van der Waals surface area (Å²) in [6, 6.07) is 0. The molecule has 2 saturated heterocycles. The molecule has 0 aromatic heterocycles. The molecule has 5 nitrogen and oxygen atoms in total. The minimum atomic E-state index is -0.773. The maximum atomic E-state index is 12.0. The Morgan fingerprint density at radius 3 is 2.72 bits per heavy atom. The van der Waals surface area contributed by atoms with Gasteiger partial charge >= 0.3 is 5.97 Å². The second kappa shape index (κ2) is 6.18. The van der Waals surface area contributed by atoms with Gasteiger partial charge in [-0.1, -0.05) is 0 Å². The lowest BCUT2D eigenvalue weighted by Crippen LogP contribution is -2.33. The number of rotatable bonds is 4. The van der Waals surface area contributed by atoms with E-state index >= 15 is 0 Å². The Labute approximate surface area is 107 Å². The molecule has 0 bridgehead atoms. The molecule has 2 atom stereocenters. The Morgan fingerprint density at radius 2 is 2.06 bits per heavy atom. The average molecular weight is 255 g/mol. The number of aliphatic carboxylic acids is 1. The molecule has 2 aliphatic heterocycles. The van der Waals surface area contributed by atoms with E-state index in [4.69, 9.17) is 9.84 Å². The number of hydrogen-bond acceptors (Lipinski definition) is 3. The number of ether oxygens (including phenoxy) is 1. The lowest BCUT2D eigenvalue weighted by Gasteiger charge is -2.24. The van der Waals surface area contributed by atoms with Gasteiger partial charge in [-0.15, -0.1) is 0 Å². The van der Waals surface area contributed by atoms with Crippen molar-refractivity contribution in [1.29, 1.82) is 0 Å². The number of nitrogens with zero attached hydrogens (tertiary/aromatic N) is 1. The summed E-state index contributed by atoms with van der Waals surface area (Å²) in [4.78, 5) is 24.5. The van der Waals surface area contributed by atoms with Crippen molar-refractivity contribution in [2.24, 2.45) is 5.92 Å². The Morgan fingerprint density at radius 1 is 1.22 bits per heavy atom. The van der Waals surface area contributed by atoms with E-state index in [1.807, 2.05) is 0 Å². The zero-order chi connectivity index (χ0) is 13.0. The molecule has 2 aliphatic rings. The van der Waals surface area contributed by atoms with E-state index in [2.05, 4.69) is 0 Å². The van der Waals surface area contributed by atoms with Gasteiger partial charge in [0.25, 0.3) is 0 Å². The summed E-state index contributed by atoms with van der Waals surface area (Å²) in [6.07, 6.45) is 4.71. The van der Waals surface area contributed by atoms with Gasteiger partial charge in [0.05, 0.1) is 12.5 Å². The van der Waals surface area contributed by atoms with Gasteiger partial charge < -0.3 is 14.7 Å². The first-order valence-electron chi connectivity index (χ1n) is 6.76. The molecule has 18 heavy (non-hydrogen) atoms. The standard InChI is InChI=1S/C13H21NO4/c15-12(8-11-3-1-2-6-18-11)14-5-4-10(9-14)7-13(16)17/h10-11H,1-9H2,(H,16,17). The summed E-state index contributed by atoms with van der Waals surface area (Å²) >= 11 is 0. The molecule has 0 aliphatic carbocycles. The monoisotopic (exact) mass is 255 g/mol. The number of carboxylic acids is 1. The van der Waals surface area contributed by atoms with Crippen LogP contribution in [-0.2, 0) is 14.3 Å². The van der Waals surface area contributed by atoms with Crippen LogP contribution in [0.5, 0.6) is 0 Å². The maximum Gasteiger partial charge on any atom is 0.303 e. The van der Waals surface area contributed by atoms with Crippen LogP contribution in [-0.4, -0.2) is 47.7 Å². The molecule has 1 amide bonds. The molecule has 0 spiro atoms. The molecule has 0 saturated carbocycles. The summed E-state index contributed by atoms with van der Waals surface area (Å²) in [5.74, 6) is -0.529. The van der Waals surface area contributed by atoms with Gasteiger partial charge in [0.1, 0.15) is 0 Å². The summed E-state index contributed by atoms with van der Waals surface area (Å²) in [7, 11) is 0. The van der Waals surface area contributed by atoms with Crippen molar-refractivity contribution < 1.29 is 19.4 Å². The summed E-state index contributed by atoms with van der Waals surface area (Å²) < 4.78 is 5.56. The molecular formula is C13H21NO4. The smallest absolute Gasteiger partial charge is 0.303 e. The van der Waals surface area contributed by atoms with E-state index < -0.39 is 5.97 Å². The molecule has 5 heteroatoms. The number of hydrogen-bond donors (Lipinski definition) is 1. The van der Waals surface area contributed by atoms with Crippen LogP contribution in [0.15, 0.2) is 0 Å². The topological polar surface area (TPSA) is 66.8 Å². The normalized spacial score (nSPS) is 28.3. The summed E-state index contributed by atoms with van der Waals surface area (Å²) in [6.45, 7) is 2.06. The number of carbonyl (C=O) groups is 2. The molecule has 102 valence electrons. The average Bonchev–Trinajstić information content (AvgIpc) is 2.78. The fourth-order valence-electron chi connectivity index (χ4n) is 2.76. The van der Waals surface area contributed by atoms with E-state index in [0.29, 0.717) is 19.5 Å². The van der Waals surface area contributed by atoms with Gasteiger partial charge in [0.15, 0.2) is 0 Å². The van der Waals surface area contributed by atoms with Crippen LogP contribution in [0.2, 0.25) is 0 Å². The molecule has 2 unspecified atom stereocenters. The van der Waals surface area contributed by atoms with Crippen molar-refractivity contribution in [1.82, 2.24) is 4.90 Å². The van der Waals surface area contributed by atoms with Crippen molar-refractivity contribution >= 4 is 11.9 Å². The Kier molecular flexibility index (Phi) is 4.58.